The molecule has 0 atom stereocenters. The molecular weight excluding hydrogens is 252 g/mol. The van der Waals surface area contributed by atoms with Crippen LogP contribution in [0.15, 0.2) is 6.07 Å². The number of methoxy groups -OCH3 is 1. The van der Waals surface area contributed by atoms with Gasteiger partial charge in [-0.15, -0.1) is 0 Å². The van der Waals surface area contributed by atoms with Crippen molar-refractivity contribution >= 4 is 17.5 Å². The largest absolute Gasteiger partial charge is 0.496 e. The Kier molecular flexibility index (Phi) is 4.57. The third-order valence-corrected chi connectivity index (χ3v) is 3.41. The van der Waals surface area contributed by atoms with Crippen LogP contribution in [0.5, 0.6) is 5.75 Å². The monoisotopic (exact) mass is 266 g/mol. The van der Waals surface area contributed by atoms with Crippen molar-refractivity contribution in [2.75, 3.05) is 14.2 Å². The topological polar surface area (TPSA) is 53.3 Å². The van der Waals surface area contributed by atoms with E-state index in [1.54, 1.807) is 20.2 Å². The van der Waals surface area contributed by atoms with Gasteiger partial charge in [0.15, 0.2) is 6.07 Å². The lowest BCUT2D eigenvalue weighted by atomic mass is 10.0. The maximum absolute atomic E-state index is 11.3. The van der Waals surface area contributed by atoms with Crippen LogP contribution < -0.4 is 4.74 Å². The summed E-state index contributed by atoms with van der Waals surface area (Å²) >= 11 is 6.18. The summed E-state index contributed by atoms with van der Waals surface area (Å²) in [4.78, 5) is 12.6. The third-order valence-electron chi connectivity index (χ3n) is 2.83. The molecule has 0 aromatic heterocycles. The van der Waals surface area contributed by atoms with Crippen molar-refractivity contribution in [3.8, 4) is 11.8 Å². The number of rotatable bonds is 3. The number of amides is 1. The molecule has 0 N–H and O–H groups in total. The van der Waals surface area contributed by atoms with E-state index in [1.165, 1.54) is 4.90 Å². The van der Waals surface area contributed by atoms with Crippen LogP contribution in [0.4, 0.5) is 0 Å². The molecule has 0 heterocycles. The summed E-state index contributed by atoms with van der Waals surface area (Å²) in [6.07, 6.45) is 0. The minimum absolute atomic E-state index is 0.293. The first kappa shape index (κ1) is 14.3. The number of nitrogens with zero attached hydrogens (tertiary/aromatic N) is 2. The van der Waals surface area contributed by atoms with Gasteiger partial charge in [0.2, 0.25) is 0 Å². The molecule has 0 saturated carbocycles. The molecule has 0 aliphatic heterocycles. The number of carbonyl (C=O) groups excluding carboxylic acids is 1. The van der Waals surface area contributed by atoms with E-state index in [0.717, 1.165) is 16.7 Å². The third kappa shape index (κ3) is 2.74. The Labute approximate surface area is 112 Å². The molecule has 1 aromatic rings. The van der Waals surface area contributed by atoms with Gasteiger partial charge in [-0.3, -0.25) is 4.79 Å². The lowest BCUT2D eigenvalue weighted by molar-refractivity contribution is -0.124. The zero-order chi connectivity index (χ0) is 13.9. The van der Waals surface area contributed by atoms with Crippen molar-refractivity contribution in [3.63, 3.8) is 0 Å². The van der Waals surface area contributed by atoms with Crippen LogP contribution in [-0.2, 0) is 11.3 Å². The van der Waals surface area contributed by atoms with E-state index in [-0.39, 0.29) is 0 Å². The summed E-state index contributed by atoms with van der Waals surface area (Å²) in [5.74, 6) is 0.0835. The van der Waals surface area contributed by atoms with Crippen molar-refractivity contribution in [1.82, 2.24) is 4.90 Å². The van der Waals surface area contributed by atoms with Crippen LogP contribution >= 0.6 is 11.6 Å². The molecular formula is C13H15ClN2O2. The number of ether oxygens (including phenoxy) is 1. The van der Waals surface area contributed by atoms with Gasteiger partial charge in [-0.2, -0.15) is 5.26 Å². The molecule has 0 aliphatic carbocycles. The molecule has 5 heteroatoms. The molecule has 96 valence electrons. The fourth-order valence-corrected chi connectivity index (χ4v) is 1.90. The van der Waals surface area contributed by atoms with Crippen molar-refractivity contribution in [2.24, 2.45) is 0 Å². The van der Waals surface area contributed by atoms with Crippen molar-refractivity contribution in [3.05, 3.63) is 27.8 Å². The number of carbonyl (C=O) groups is 1. The molecule has 0 spiro atoms. The van der Waals surface area contributed by atoms with Crippen LogP contribution in [0.3, 0.4) is 0 Å². The molecule has 0 unspecified atom stereocenters. The van der Waals surface area contributed by atoms with E-state index in [0.29, 0.717) is 17.3 Å². The van der Waals surface area contributed by atoms with E-state index in [9.17, 15) is 4.79 Å². The normalized spacial score (nSPS) is 9.78. The van der Waals surface area contributed by atoms with Gasteiger partial charge in [-0.25, -0.2) is 0 Å². The molecule has 0 radical (unpaired) electrons. The zero-order valence-corrected chi connectivity index (χ0v) is 11.6. The van der Waals surface area contributed by atoms with Gasteiger partial charge >= 0.3 is 5.91 Å². The highest BCUT2D eigenvalue weighted by Crippen LogP contribution is 2.32. The average Bonchev–Trinajstić information content (AvgIpc) is 2.37. The summed E-state index contributed by atoms with van der Waals surface area (Å²) in [7, 11) is 3.13. The highest BCUT2D eigenvalue weighted by Gasteiger charge is 2.16. The first-order chi connectivity index (χ1) is 8.42. The number of halogens is 1. The lowest BCUT2D eigenvalue weighted by Gasteiger charge is -2.19. The predicted octanol–water partition coefficient (Wildman–Crippen LogP) is 2.45. The molecule has 0 bridgehead atoms. The molecule has 0 saturated heterocycles. The Morgan fingerprint density at radius 2 is 2.17 bits per heavy atom. The van der Waals surface area contributed by atoms with Crippen LogP contribution in [0, 0.1) is 25.2 Å². The minimum Gasteiger partial charge on any atom is -0.496 e. The molecule has 4 nitrogen and oxygen atoms in total. The number of benzene rings is 1. The first-order valence-corrected chi connectivity index (χ1v) is 5.78. The second-order valence-electron chi connectivity index (χ2n) is 4.09. The fourth-order valence-electron chi connectivity index (χ4n) is 1.73. The predicted molar refractivity (Wildman–Crippen MR) is 69.6 cm³/mol. The Hall–Kier alpha value is -1.73. The highest BCUT2D eigenvalue weighted by molar-refractivity contribution is 6.32. The molecule has 0 fully saturated rings. The lowest BCUT2D eigenvalue weighted by Crippen LogP contribution is -2.25. The maximum atomic E-state index is 11.3. The van der Waals surface area contributed by atoms with Gasteiger partial charge in [0, 0.05) is 17.6 Å². The van der Waals surface area contributed by atoms with Gasteiger partial charge in [0.1, 0.15) is 5.75 Å². The van der Waals surface area contributed by atoms with E-state index < -0.39 is 5.91 Å². The molecule has 1 rings (SSSR count). The Morgan fingerprint density at radius 3 is 2.67 bits per heavy atom. The standard InChI is InChI=1S/C13H15ClN2O2/c1-8-5-11(18-4)10(9(2)13(8)14)7-16(3)12(17)6-15/h5H,7H2,1-4H3. The number of aryl methyl sites for hydroxylation is 1. The molecule has 0 aliphatic rings. The minimum atomic E-state index is -0.590. The van der Waals surface area contributed by atoms with Gasteiger partial charge < -0.3 is 9.64 Å². The SMILES string of the molecule is COc1cc(C)c(Cl)c(C)c1CN(C)C(=O)C#N. The molecule has 1 aromatic carbocycles. The Balaban J connectivity index is 3.20. The quantitative estimate of drug-likeness (QED) is 0.790. The summed E-state index contributed by atoms with van der Waals surface area (Å²) < 4.78 is 5.30. The van der Waals surface area contributed by atoms with Crippen LogP contribution in [0.25, 0.3) is 0 Å². The van der Waals surface area contributed by atoms with Crippen LogP contribution in [-0.4, -0.2) is 25.0 Å². The zero-order valence-electron chi connectivity index (χ0n) is 10.9. The maximum Gasteiger partial charge on any atom is 0.325 e. The van der Waals surface area contributed by atoms with Crippen molar-refractivity contribution in [1.29, 1.82) is 5.26 Å². The van der Waals surface area contributed by atoms with Gasteiger partial charge in [-0.1, -0.05) is 11.6 Å². The van der Waals surface area contributed by atoms with E-state index in [1.807, 2.05) is 19.9 Å². The summed E-state index contributed by atoms with van der Waals surface area (Å²) in [6.45, 7) is 4.06. The fraction of sp³-hybridized carbons (Fsp3) is 0.385. The van der Waals surface area contributed by atoms with E-state index >= 15 is 0 Å². The summed E-state index contributed by atoms with van der Waals surface area (Å²) in [5, 5.41) is 9.24. The Morgan fingerprint density at radius 1 is 1.56 bits per heavy atom. The second-order valence-corrected chi connectivity index (χ2v) is 4.46. The van der Waals surface area contributed by atoms with Crippen LogP contribution in [0.2, 0.25) is 5.02 Å². The summed E-state index contributed by atoms with van der Waals surface area (Å²) in [5.41, 5.74) is 2.61. The molecule has 18 heavy (non-hydrogen) atoms. The second kappa shape index (κ2) is 5.74. The van der Waals surface area contributed by atoms with Gasteiger partial charge in [-0.05, 0) is 31.0 Å². The van der Waals surface area contributed by atoms with Gasteiger partial charge in [0.25, 0.3) is 0 Å². The first-order valence-electron chi connectivity index (χ1n) is 5.40. The number of nitriles is 1. The van der Waals surface area contributed by atoms with Crippen molar-refractivity contribution in [2.45, 2.75) is 20.4 Å². The van der Waals surface area contributed by atoms with Crippen LogP contribution in [0.1, 0.15) is 16.7 Å². The van der Waals surface area contributed by atoms with E-state index in [4.69, 9.17) is 21.6 Å². The molecule has 1 amide bonds. The Bertz CT molecular complexity index is 521. The smallest absolute Gasteiger partial charge is 0.325 e. The number of hydrogen-bond donors (Lipinski definition) is 0. The van der Waals surface area contributed by atoms with Gasteiger partial charge in [0.05, 0.1) is 13.7 Å². The van der Waals surface area contributed by atoms with Crippen molar-refractivity contribution < 1.29 is 9.53 Å². The average molecular weight is 267 g/mol. The number of hydrogen-bond acceptors (Lipinski definition) is 3. The van der Waals surface area contributed by atoms with E-state index in [2.05, 4.69) is 0 Å². The highest BCUT2D eigenvalue weighted by atomic mass is 35.5. The summed E-state index contributed by atoms with van der Waals surface area (Å²) in [6, 6.07) is 3.41.